The molecule has 0 aliphatic heterocycles. The Morgan fingerprint density at radius 3 is 2.72 bits per heavy atom. The van der Waals surface area contributed by atoms with Gasteiger partial charge in [0.05, 0.1) is 17.8 Å². The summed E-state index contributed by atoms with van der Waals surface area (Å²) in [6, 6.07) is 15.1. The molecule has 29 heavy (non-hydrogen) atoms. The molecule has 1 N–H and O–H groups in total. The molecule has 2 heterocycles. The molecule has 0 unspecified atom stereocenters. The molecule has 0 aliphatic carbocycles. The SMILES string of the molecule is Cc1ccc2c(Oc3cccc(C(=O)NCc4ccncn4)c3C)ccnc2c1. The van der Waals surface area contributed by atoms with Crippen molar-refractivity contribution in [1.29, 1.82) is 0 Å². The van der Waals surface area contributed by atoms with Crippen molar-refractivity contribution in [2.45, 2.75) is 20.4 Å². The lowest BCUT2D eigenvalue weighted by Gasteiger charge is -2.14. The van der Waals surface area contributed by atoms with Crippen molar-refractivity contribution in [3.63, 3.8) is 0 Å². The molecule has 4 rings (SSSR count). The summed E-state index contributed by atoms with van der Waals surface area (Å²) in [5.41, 5.74) is 4.09. The zero-order valence-corrected chi connectivity index (χ0v) is 16.2. The topological polar surface area (TPSA) is 77.0 Å². The second kappa shape index (κ2) is 8.06. The number of nitrogens with zero attached hydrogens (tertiary/aromatic N) is 3. The molecule has 0 saturated carbocycles. The number of aryl methyl sites for hydroxylation is 1. The number of hydrogen-bond acceptors (Lipinski definition) is 5. The number of fused-ring (bicyclic) bond motifs is 1. The van der Waals surface area contributed by atoms with E-state index in [9.17, 15) is 4.79 Å². The van der Waals surface area contributed by atoms with Crippen LogP contribution in [0.3, 0.4) is 0 Å². The highest BCUT2D eigenvalue weighted by molar-refractivity contribution is 5.96. The van der Waals surface area contributed by atoms with Crippen LogP contribution in [0.15, 0.2) is 67.3 Å². The molecule has 0 radical (unpaired) electrons. The average molecular weight is 384 g/mol. The highest BCUT2D eigenvalue weighted by Gasteiger charge is 2.14. The van der Waals surface area contributed by atoms with Crippen LogP contribution in [-0.2, 0) is 6.54 Å². The highest BCUT2D eigenvalue weighted by Crippen LogP contribution is 2.32. The van der Waals surface area contributed by atoms with Crippen LogP contribution in [-0.4, -0.2) is 20.9 Å². The molecule has 6 nitrogen and oxygen atoms in total. The van der Waals surface area contributed by atoms with Gasteiger partial charge >= 0.3 is 0 Å². The predicted octanol–water partition coefficient (Wildman–Crippen LogP) is 4.36. The summed E-state index contributed by atoms with van der Waals surface area (Å²) in [5, 5.41) is 3.82. The van der Waals surface area contributed by atoms with Crippen molar-refractivity contribution in [2.75, 3.05) is 0 Å². The molecule has 0 saturated heterocycles. The van der Waals surface area contributed by atoms with Crippen LogP contribution in [0.5, 0.6) is 11.5 Å². The van der Waals surface area contributed by atoms with Gasteiger partial charge in [0.25, 0.3) is 5.91 Å². The fraction of sp³-hybridized carbons (Fsp3) is 0.130. The van der Waals surface area contributed by atoms with Gasteiger partial charge in [-0.2, -0.15) is 0 Å². The van der Waals surface area contributed by atoms with E-state index >= 15 is 0 Å². The Kier molecular flexibility index (Phi) is 5.16. The molecule has 4 aromatic rings. The number of carbonyl (C=O) groups excluding carboxylic acids is 1. The molecule has 0 spiro atoms. The summed E-state index contributed by atoms with van der Waals surface area (Å²) < 4.78 is 6.18. The number of pyridine rings is 1. The second-order valence-corrected chi connectivity index (χ2v) is 6.74. The van der Waals surface area contributed by atoms with E-state index in [1.54, 1.807) is 24.5 Å². The van der Waals surface area contributed by atoms with E-state index in [-0.39, 0.29) is 5.91 Å². The summed E-state index contributed by atoms with van der Waals surface area (Å²) in [6.07, 6.45) is 4.83. The quantitative estimate of drug-likeness (QED) is 0.553. The number of carbonyl (C=O) groups is 1. The second-order valence-electron chi connectivity index (χ2n) is 6.74. The van der Waals surface area contributed by atoms with Crippen molar-refractivity contribution < 1.29 is 9.53 Å². The van der Waals surface area contributed by atoms with E-state index in [1.165, 1.54) is 6.33 Å². The molecule has 2 aromatic carbocycles. The number of aromatic nitrogens is 3. The van der Waals surface area contributed by atoms with Crippen LogP contribution >= 0.6 is 0 Å². The maximum absolute atomic E-state index is 12.7. The van der Waals surface area contributed by atoms with Crippen molar-refractivity contribution in [3.05, 3.63) is 89.6 Å². The minimum atomic E-state index is -0.179. The minimum Gasteiger partial charge on any atom is -0.456 e. The van der Waals surface area contributed by atoms with Crippen molar-refractivity contribution in [1.82, 2.24) is 20.3 Å². The van der Waals surface area contributed by atoms with Gasteiger partial charge in [0.15, 0.2) is 0 Å². The van der Waals surface area contributed by atoms with Crippen LogP contribution < -0.4 is 10.1 Å². The minimum absolute atomic E-state index is 0.179. The third kappa shape index (κ3) is 4.06. The predicted molar refractivity (Wildman–Crippen MR) is 111 cm³/mol. The van der Waals surface area contributed by atoms with Crippen molar-refractivity contribution in [3.8, 4) is 11.5 Å². The summed E-state index contributed by atoms with van der Waals surface area (Å²) in [5.74, 6) is 1.16. The first kappa shape index (κ1) is 18.6. The van der Waals surface area contributed by atoms with Gasteiger partial charge in [-0.1, -0.05) is 12.1 Å². The molecule has 0 fully saturated rings. The summed E-state index contributed by atoms with van der Waals surface area (Å²) in [4.78, 5) is 25.1. The first-order valence-electron chi connectivity index (χ1n) is 9.28. The average Bonchev–Trinajstić information content (AvgIpc) is 2.74. The van der Waals surface area contributed by atoms with Gasteiger partial charge in [-0.25, -0.2) is 9.97 Å². The zero-order valence-electron chi connectivity index (χ0n) is 16.2. The van der Waals surface area contributed by atoms with Crippen molar-refractivity contribution in [2.24, 2.45) is 0 Å². The lowest BCUT2D eigenvalue weighted by atomic mass is 10.1. The van der Waals surface area contributed by atoms with E-state index in [4.69, 9.17) is 4.74 Å². The fourth-order valence-corrected chi connectivity index (χ4v) is 3.10. The smallest absolute Gasteiger partial charge is 0.252 e. The molecule has 6 heteroatoms. The van der Waals surface area contributed by atoms with Crippen LogP contribution in [0.4, 0.5) is 0 Å². The monoisotopic (exact) mass is 384 g/mol. The number of hydrogen-bond donors (Lipinski definition) is 1. The van der Waals surface area contributed by atoms with Gasteiger partial charge < -0.3 is 10.1 Å². The maximum atomic E-state index is 12.7. The van der Waals surface area contributed by atoms with Crippen LogP contribution in [0.2, 0.25) is 0 Å². The first-order valence-corrected chi connectivity index (χ1v) is 9.28. The Morgan fingerprint density at radius 1 is 1.00 bits per heavy atom. The van der Waals surface area contributed by atoms with E-state index < -0.39 is 0 Å². The van der Waals surface area contributed by atoms with E-state index in [1.807, 2.05) is 50.2 Å². The largest absolute Gasteiger partial charge is 0.456 e. The molecular formula is C23H20N4O2. The van der Waals surface area contributed by atoms with E-state index in [0.29, 0.717) is 23.6 Å². The van der Waals surface area contributed by atoms with Gasteiger partial charge in [-0.3, -0.25) is 9.78 Å². The first-order chi connectivity index (χ1) is 14.1. The fourth-order valence-electron chi connectivity index (χ4n) is 3.10. The number of rotatable bonds is 5. The number of nitrogens with one attached hydrogen (secondary N) is 1. The molecule has 0 bridgehead atoms. The van der Waals surface area contributed by atoms with Gasteiger partial charge in [-0.05, 0) is 55.8 Å². The summed E-state index contributed by atoms with van der Waals surface area (Å²) >= 11 is 0. The zero-order chi connectivity index (χ0) is 20.2. The molecule has 0 aliphatic rings. The number of benzene rings is 2. The Hall–Kier alpha value is -3.80. The van der Waals surface area contributed by atoms with Gasteiger partial charge in [0, 0.05) is 28.9 Å². The molecular weight excluding hydrogens is 364 g/mol. The van der Waals surface area contributed by atoms with Crippen LogP contribution in [0, 0.1) is 13.8 Å². The highest BCUT2D eigenvalue weighted by atomic mass is 16.5. The third-order valence-electron chi connectivity index (χ3n) is 4.68. The number of ether oxygens (including phenoxy) is 1. The normalized spacial score (nSPS) is 10.7. The van der Waals surface area contributed by atoms with Crippen LogP contribution in [0.25, 0.3) is 10.9 Å². The van der Waals surface area contributed by atoms with Gasteiger partial charge in [0.1, 0.15) is 17.8 Å². The van der Waals surface area contributed by atoms with Crippen LogP contribution in [0.1, 0.15) is 27.2 Å². The van der Waals surface area contributed by atoms with E-state index in [0.717, 1.165) is 27.7 Å². The van der Waals surface area contributed by atoms with E-state index in [2.05, 4.69) is 20.3 Å². The Bertz CT molecular complexity index is 1180. The van der Waals surface area contributed by atoms with Crippen molar-refractivity contribution >= 4 is 16.8 Å². The Labute approximate surface area is 168 Å². The standard InChI is InChI=1S/C23H20N4O2/c1-15-6-7-19-20(12-15)25-11-9-22(19)29-21-5-3-4-18(16(21)2)23(28)26-13-17-8-10-24-14-27-17/h3-12,14H,13H2,1-2H3,(H,26,28). The Morgan fingerprint density at radius 2 is 1.90 bits per heavy atom. The summed E-state index contributed by atoms with van der Waals surface area (Å²) in [7, 11) is 0. The molecule has 1 amide bonds. The molecule has 2 aromatic heterocycles. The molecule has 144 valence electrons. The maximum Gasteiger partial charge on any atom is 0.252 e. The lowest BCUT2D eigenvalue weighted by molar-refractivity contribution is 0.0949. The molecule has 0 atom stereocenters. The lowest BCUT2D eigenvalue weighted by Crippen LogP contribution is -2.24. The third-order valence-corrected chi connectivity index (χ3v) is 4.68. The summed E-state index contributed by atoms with van der Waals surface area (Å²) in [6.45, 7) is 4.24. The Balaban J connectivity index is 1.58. The van der Waals surface area contributed by atoms with Gasteiger partial charge in [0.2, 0.25) is 0 Å². The van der Waals surface area contributed by atoms with Gasteiger partial charge in [-0.15, -0.1) is 0 Å². The number of amides is 1.